The van der Waals surface area contributed by atoms with Crippen molar-refractivity contribution in [2.45, 2.75) is 13.2 Å². The molecule has 29 heavy (non-hydrogen) atoms. The predicted molar refractivity (Wildman–Crippen MR) is 105 cm³/mol. The van der Waals surface area contributed by atoms with Gasteiger partial charge in [0, 0.05) is 33.2 Å². The Hall–Kier alpha value is -2.94. The van der Waals surface area contributed by atoms with Crippen LogP contribution in [0.3, 0.4) is 0 Å². The number of anilines is 1. The van der Waals surface area contributed by atoms with Gasteiger partial charge in [-0.05, 0) is 18.2 Å². The van der Waals surface area contributed by atoms with Gasteiger partial charge in [-0.15, -0.1) is 0 Å². The summed E-state index contributed by atoms with van der Waals surface area (Å²) in [5.41, 5.74) is 1.37. The van der Waals surface area contributed by atoms with Crippen molar-refractivity contribution >= 4 is 38.6 Å². The predicted octanol–water partition coefficient (Wildman–Crippen LogP) is 4.95. The molecule has 0 saturated heterocycles. The number of carbonyl (C=O) groups excluding carboxylic acids is 1. The van der Waals surface area contributed by atoms with Gasteiger partial charge in [0.25, 0.3) is 0 Å². The quantitative estimate of drug-likeness (QED) is 0.546. The SMILES string of the molecule is COc1cc2ncc3c(c2cc1OC)N(Cc1c(F)cc(Br)cc1F)C(=O)OC3. The number of benzene rings is 2. The summed E-state index contributed by atoms with van der Waals surface area (Å²) in [6.07, 6.45) is 0.860. The summed E-state index contributed by atoms with van der Waals surface area (Å²) >= 11 is 3.05. The number of hydrogen-bond acceptors (Lipinski definition) is 5. The maximum Gasteiger partial charge on any atom is 0.414 e. The lowest BCUT2D eigenvalue weighted by atomic mass is 10.1. The Kier molecular flexibility index (Phi) is 4.99. The van der Waals surface area contributed by atoms with Gasteiger partial charge >= 0.3 is 6.09 Å². The molecule has 0 fully saturated rings. The Morgan fingerprint density at radius 2 is 1.79 bits per heavy atom. The van der Waals surface area contributed by atoms with E-state index in [0.29, 0.717) is 33.7 Å². The second kappa shape index (κ2) is 7.47. The van der Waals surface area contributed by atoms with Crippen molar-refractivity contribution in [2.75, 3.05) is 19.1 Å². The number of pyridine rings is 1. The minimum Gasteiger partial charge on any atom is -0.493 e. The van der Waals surface area contributed by atoms with Gasteiger partial charge in [-0.25, -0.2) is 13.6 Å². The fourth-order valence-electron chi connectivity index (χ4n) is 3.30. The molecule has 0 atom stereocenters. The Balaban J connectivity index is 1.90. The molecular formula is C20H15BrF2N2O4. The monoisotopic (exact) mass is 464 g/mol. The molecule has 1 aromatic heterocycles. The molecule has 3 aromatic rings. The Morgan fingerprint density at radius 3 is 2.45 bits per heavy atom. The standard InChI is InChI=1S/C20H15BrF2N2O4/c1-27-17-5-12-16(6-18(17)28-2)24-7-10-9-29-20(26)25(19(10)12)8-13-14(22)3-11(21)4-15(13)23/h3-7H,8-9H2,1-2H3. The van der Waals surface area contributed by atoms with E-state index in [9.17, 15) is 13.6 Å². The molecular weight excluding hydrogens is 450 g/mol. The summed E-state index contributed by atoms with van der Waals surface area (Å²) in [5, 5.41) is 0.578. The third-order valence-electron chi connectivity index (χ3n) is 4.68. The molecule has 6 nitrogen and oxygen atoms in total. The van der Waals surface area contributed by atoms with E-state index in [1.165, 1.54) is 19.1 Å². The second-order valence-corrected chi connectivity index (χ2v) is 7.26. The van der Waals surface area contributed by atoms with Crippen LogP contribution in [-0.4, -0.2) is 25.3 Å². The number of aromatic nitrogens is 1. The molecule has 1 aliphatic heterocycles. The number of hydrogen-bond donors (Lipinski definition) is 0. The van der Waals surface area contributed by atoms with Crippen molar-refractivity contribution in [3.63, 3.8) is 0 Å². The fourth-order valence-corrected chi connectivity index (χ4v) is 3.71. The first-order valence-electron chi connectivity index (χ1n) is 8.54. The highest BCUT2D eigenvalue weighted by Crippen LogP contribution is 2.40. The van der Waals surface area contributed by atoms with Crippen molar-refractivity contribution in [1.82, 2.24) is 4.98 Å². The summed E-state index contributed by atoms with van der Waals surface area (Å²) in [7, 11) is 3.00. The van der Waals surface area contributed by atoms with Crippen LogP contribution in [0.5, 0.6) is 11.5 Å². The highest BCUT2D eigenvalue weighted by molar-refractivity contribution is 9.10. The summed E-state index contributed by atoms with van der Waals surface area (Å²) in [6.45, 7) is -0.336. The summed E-state index contributed by atoms with van der Waals surface area (Å²) in [4.78, 5) is 18.1. The molecule has 0 aliphatic carbocycles. The Bertz CT molecular complexity index is 1120. The zero-order valence-corrected chi connectivity index (χ0v) is 17.0. The van der Waals surface area contributed by atoms with Crippen LogP contribution in [0.25, 0.3) is 10.9 Å². The molecule has 0 spiro atoms. The molecule has 2 aromatic carbocycles. The van der Waals surface area contributed by atoms with E-state index < -0.39 is 17.7 Å². The Morgan fingerprint density at radius 1 is 1.14 bits per heavy atom. The number of fused-ring (bicyclic) bond motifs is 3. The number of halogens is 3. The minimum atomic E-state index is -0.769. The lowest BCUT2D eigenvalue weighted by Crippen LogP contribution is -2.36. The largest absolute Gasteiger partial charge is 0.493 e. The minimum absolute atomic E-state index is 0.00720. The van der Waals surface area contributed by atoms with E-state index >= 15 is 0 Å². The van der Waals surface area contributed by atoms with E-state index in [1.807, 2.05) is 0 Å². The third-order valence-corrected chi connectivity index (χ3v) is 5.14. The molecule has 0 saturated carbocycles. The summed E-state index contributed by atoms with van der Waals surface area (Å²) < 4.78 is 44.9. The number of carbonyl (C=O) groups is 1. The van der Waals surface area contributed by atoms with Crippen LogP contribution >= 0.6 is 15.9 Å². The van der Waals surface area contributed by atoms with Crippen molar-refractivity contribution in [2.24, 2.45) is 0 Å². The number of cyclic esters (lactones) is 1. The van der Waals surface area contributed by atoms with Crippen LogP contribution in [0.4, 0.5) is 19.3 Å². The molecule has 0 unspecified atom stereocenters. The number of ether oxygens (including phenoxy) is 3. The normalized spacial score (nSPS) is 13.3. The van der Waals surface area contributed by atoms with Gasteiger partial charge in [-0.2, -0.15) is 0 Å². The first-order valence-corrected chi connectivity index (χ1v) is 9.33. The van der Waals surface area contributed by atoms with Gasteiger partial charge in [-0.3, -0.25) is 9.88 Å². The van der Waals surface area contributed by atoms with Crippen LogP contribution in [-0.2, 0) is 17.9 Å². The second-order valence-electron chi connectivity index (χ2n) is 6.35. The van der Waals surface area contributed by atoms with Crippen LogP contribution in [0.15, 0.2) is 34.9 Å². The van der Waals surface area contributed by atoms with Gasteiger partial charge < -0.3 is 14.2 Å². The van der Waals surface area contributed by atoms with Gasteiger partial charge in [-0.1, -0.05) is 15.9 Å². The maximum absolute atomic E-state index is 14.4. The average molecular weight is 465 g/mol. The van der Waals surface area contributed by atoms with Crippen molar-refractivity contribution in [3.8, 4) is 11.5 Å². The summed E-state index contributed by atoms with van der Waals surface area (Å²) in [5.74, 6) is -0.624. The van der Waals surface area contributed by atoms with Gasteiger partial charge in [0.1, 0.15) is 18.2 Å². The first kappa shape index (κ1) is 19.4. The Labute approximate surface area is 173 Å². The van der Waals surface area contributed by atoms with Gasteiger partial charge in [0.2, 0.25) is 0 Å². The van der Waals surface area contributed by atoms with Crippen LogP contribution < -0.4 is 14.4 Å². The topological polar surface area (TPSA) is 60.9 Å². The number of rotatable bonds is 4. The molecule has 150 valence electrons. The first-order chi connectivity index (χ1) is 13.9. The van der Waals surface area contributed by atoms with E-state index in [1.54, 1.807) is 18.3 Å². The smallest absolute Gasteiger partial charge is 0.414 e. The van der Waals surface area contributed by atoms with E-state index in [-0.39, 0.29) is 23.2 Å². The van der Waals surface area contributed by atoms with Crippen LogP contribution in [0.1, 0.15) is 11.1 Å². The zero-order chi connectivity index (χ0) is 20.7. The molecule has 1 amide bonds. The van der Waals surface area contributed by atoms with E-state index in [4.69, 9.17) is 14.2 Å². The number of amides is 1. The van der Waals surface area contributed by atoms with Crippen molar-refractivity contribution < 1.29 is 27.8 Å². The molecule has 2 heterocycles. The van der Waals surface area contributed by atoms with Crippen molar-refractivity contribution in [3.05, 3.63) is 57.7 Å². The lowest BCUT2D eigenvalue weighted by Gasteiger charge is -2.30. The molecule has 0 N–H and O–H groups in total. The summed E-state index contributed by atoms with van der Waals surface area (Å²) in [6, 6.07) is 5.65. The van der Waals surface area contributed by atoms with E-state index in [2.05, 4.69) is 20.9 Å². The van der Waals surface area contributed by atoms with Crippen molar-refractivity contribution in [1.29, 1.82) is 0 Å². The number of nitrogens with zero attached hydrogens (tertiary/aromatic N) is 2. The van der Waals surface area contributed by atoms with Gasteiger partial charge in [0.05, 0.1) is 32.0 Å². The highest BCUT2D eigenvalue weighted by Gasteiger charge is 2.30. The van der Waals surface area contributed by atoms with Crippen LogP contribution in [0.2, 0.25) is 0 Å². The molecule has 9 heteroatoms. The molecule has 0 radical (unpaired) electrons. The molecule has 0 bridgehead atoms. The maximum atomic E-state index is 14.4. The molecule has 4 rings (SSSR count). The van der Waals surface area contributed by atoms with E-state index in [0.717, 1.165) is 12.1 Å². The van der Waals surface area contributed by atoms with Gasteiger partial charge in [0.15, 0.2) is 11.5 Å². The zero-order valence-electron chi connectivity index (χ0n) is 15.5. The fraction of sp³-hybridized carbons (Fsp3) is 0.200. The highest BCUT2D eigenvalue weighted by atomic mass is 79.9. The third kappa shape index (κ3) is 3.35. The number of methoxy groups -OCH3 is 2. The molecule has 1 aliphatic rings. The lowest BCUT2D eigenvalue weighted by molar-refractivity contribution is 0.141. The average Bonchev–Trinajstić information content (AvgIpc) is 2.70. The van der Waals surface area contributed by atoms with Crippen LogP contribution in [0, 0.1) is 11.6 Å².